The zero-order valence-corrected chi connectivity index (χ0v) is 16.1. The molecule has 0 aliphatic heterocycles. The van der Waals surface area contributed by atoms with Gasteiger partial charge in [0, 0.05) is 0 Å². The number of nitrogens with zero attached hydrogens (tertiary/aromatic N) is 1. The Hall–Kier alpha value is -1.87. The van der Waals surface area contributed by atoms with E-state index in [1.807, 2.05) is 0 Å². The van der Waals surface area contributed by atoms with Gasteiger partial charge >= 0.3 is 5.97 Å². The van der Waals surface area contributed by atoms with Gasteiger partial charge in [-0.15, -0.1) is 11.3 Å². The molecular formula is C20H24N2O3S. The number of rotatable bonds is 4. The van der Waals surface area contributed by atoms with Gasteiger partial charge < -0.3 is 10.1 Å². The Morgan fingerprint density at radius 2 is 1.81 bits per heavy atom. The van der Waals surface area contributed by atoms with Gasteiger partial charge in [-0.05, 0) is 75.7 Å². The lowest BCUT2D eigenvalue weighted by molar-refractivity contribution is -0.140. The van der Waals surface area contributed by atoms with Crippen molar-refractivity contribution >= 4 is 28.2 Å². The number of ether oxygens (including phenoxy) is 1. The average Bonchev–Trinajstić information content (AvgIpc) is 2.89. The minimum atomic E-state index is -0.429. The molecule has 138 valence electrons. The van der Waals surface area contributed by atoms with Crippen LogP contribution >= 0.6 is 11.3 Å². The van der Waals surface area contributed by atoms with Crippen molar-refractivity contribution < 1.29 is 14.3 Å². The smallest absolute Gasteiger partial charge is 0.348 e. The molecule has 4 aliphatic carbocycles. The summed E-state index contributed by atoms with van der Waals surface area (Å²) < 4.78 is 5.08. The van der Waals surface area contributed by atoms with Gasteiger partial charge in [-0.2, -0.15) is 5.26 Å². The van der Waals surface area contributed by atoms with Gasteiger partial charge in [-0.1, -0.05) is 0 Å². The number of amides is 1. The van der Waals surface area contributed by atoms with Crippen LogP contribution in [-0.4, -0.2) is 18.5 Å². The maximum absolute atomic E-state index is 13.2. The van der Waals surface area contributed by atoms with E-state index in [1.54, 1.807) is 13.8 Å². The molecule has 0 saturated heterocycles. The third kappa shape index (κ3) is 2.73. The van der Waals surface area contributed by atoms with Gasteiger partial charge in [0.1, 0.15) is 15.9 Å². The lowest BCUT2D eigenvalue weighted by atomic mass is 9.49. The third-order valence-electron chi connectivity index (χ3n) is 6.47. The molecule has 1 aromatic rings. The molecule has 0 atom stereocenters. The van der Waals surface area contributed by atoms with Crippen LogP contribution in [0.15, 0.2) is 0 Å². The summed E-state index contributed by atoms with van der Waals surface area (Å²) in [5.74, 6) is 1.67. The van der Waals surface area contributed by atoms with Crippen molar-refractivity contribution in [3.63, 3.8) is 0 Å². The molecule has 4 fully saturated rings. The second-order valence-corrected chi connectivity index (χ2v) is 9.27. The number of nitrogens with one attached hydrogen (secondary N) is 1. The van der Waals surface area contributed by atoms with Crippen LogP contribution in [0.5, 0.6) is 0 Å². The van der Waals surface area contributed by atoms with E-state index in [0.29, 0.717) is 38.8 Å². The number of hydrogen-bond donors (Lipinski definition) is 1. The molecular weight excluding hydrogens is 348 g/mol. The highest BCUT2D eigenvalue weighted by Gasteiger charge is 2.54. The molecule has 4 bridgehead atoms. The highest BCUT2D eigenvalue weighted by Crippen LogP contribution is 2.60. The van der Waals surface area contributed by atoms with Crippen LogP contribution in [0.4, 0.5) is 5.00 Å². The molecule has 1 heterocycles. The Labute approximate surface area is 157 Å². The van der Waals surface area contributed by atoms with Crippen LogP contribution in [0.3, 0.4) is 0 Å². The van der Waals surface area contributed by atoms with E-state index in [-0.39, 0.29) is 17.9 Å². The second-order valence-electron chi connectivity index (χ2n) is 8.24. The molecule has 4 saturated carbocycles. The summed E-state index contributed by atoms with van der Waals surface area (Å²) in [5.41, 5.74) is 0.705. The van der Waals surface area contributed by atoms with Crippen molar-refractivity contribution in [1.82, 2.24) is 0 Å². The number of esters is 1. The normalized spacial score (nSPS) is 31.5. The highest BCUT2D eigenvalue weighted by atomic mass is 32.1. The summed E-state index contributed by atoms with van der Waals surface area (Å²) in [7, 11) is 0. The van der Waals surface area contributed by atoms with Crippen molar-refractivity contribution in [2.24, 2.45) is 23.2 Å². The van der Waals surface area contributed by atoms with Gasteiger partial charge in [-0.25, -0.2) is 4.79 Å². The van der Waals surface area contributed by atoms with Crippen LogP contribution in [0.2, 0.25) is 0 Å². The summed E-state index contributed by atoms with van der Waals surface area (Å²) >= 11 is 1.16. The lowest BCUT2D eigenvalue weighted by Gasteiger charge is -2.55. The summed E-state index contributed by atoms with van der Waals surface area (Å²) in [5, 5.41) is 13.0. The molecule has 5 rings (SSSR count). The summed E-state index contributed by atoms with van der Waals surface area (Å²) in [6.07, 6.45) is 6.76. The Balaban J connectivity index is 1.59. The molecule has 0 unspecified atom stereocenters. The van der Waals surface area contributed by atoms with Gasteiger partial charge in [0.25, 0.3) is 0 Å². The van der Waals surface area contributed by atoms with Crippen molar-refractivity contribution in [3.8, 4) is 6.07 Å². The largest absolute Gasteiger partial charge is 0.462 e. The van der Waals surface area contributed by atoms with Crippen LogP contribution in [0.25, 0.3) is 0 Å². The number of nitriles is 1. The number of carbonyl (C=O) groups excluding carboxylic acids is 2. The molecule has 0 aromatic carbocycles. The van der Waals surface area contributed by atoms with Crippen molar-refractivity contribution in [1.29, 1.82) is 5.26 Å². The van der Waals surface area contributed by atoms with Crippen molar-refractivity contribution in [2.75, 3.05) is 11.9 Å². The van der Waals surface area contributed by atoms with E-state index in [2.05, 4.69) is 11.4 Å². The first-order valence-corrected chi connectivity index (χ1v) is 10.3. The first kappa shape index (κ1) is 17.5. The molecule has 0 spiro atoms. The standard InChI is InChI=1S/C20H24N2O3S/c1-3-25-18(23)16-11(2)15(10-21)17(26-16)22-19(24)20-7-12-4-13(8-20)6-14(5-12)9-20/h12-14H,3-9H2,1-2H3,(H,22,24). The topological polar surface area (TPSA) is 79.2 Å². The molecule has 6 heteroatoms. The zero-order chi connectivity index (χ0) is 18.5. The predicted molar refractivity (Wildman–Crippen MR) is 99.0 cm³/mol. The summed E-state index contributed by atoms with van der Waals surface area (Å²) in [6, 6.07) is 2.15. The quantitative estimate of drug-likeness (QED) is 0.801. The fourth-order valence-corrected chi connectivity index (χ4v) is 6.80. The number of carbonyl (C=O) groups is 2. The molecule has 1 amide bonds. The predicted octanol–water partition coefficient (Wildman–Crippen LogP) is 4.26. The molecule has 1 aromatic heterocycles. The van der Waals surface area contributed by atoms with Gasteiger partial charge in [0.05, 0.1) is 17.6 Å². The fourth-order valence-electron chi connectivity index (χ4n) is 5.75. The Bertz CT molecular complexity index is 769. The molecule has 26 heavy (non-hydrogen) atoms. The average molecular weight is 372 g/mol. The van der Waals surface area contributed by atoms with Crippen LogP contribution in [0.1, 0.15) is 66.2 Å². The van der Waals surface area contributed by atoms with Crippen LogP contribution < -0.4 is 5.32 Å². The summed E-state index contributed by atoms with van der Waals surface area (Å²) in [6.45, 7) is 3.77. The van der Waals surface area contributed by atoms with E-state index in [9.17, 15) is 14.9 Å². The van der Waals surface area contributed by atoms with Gasteiger partial charge in [0.15, 0.2) is 0 Å². The lowest BCUT2D eigenvalue weighted by Crippen LogP contribution is -2.51. The number of hydrogen-bond acceptors (Lipinski definition) is 5. The molecule has 1 N–H and O–H groups in total. The number of thiophene rings is 1. The van der Waals surface area contributed by atoms with Crippen LogP contribution in [-0.2, 0) is 9.53 Å². The second kappa shape index (κ2) is 6.38. The van der Waals surface area contributed by atoms with E-state index in [4.69, 9.17) is 4.74 Å². The minimum Gasteiger partial charge on any atom is -0.462 e. The van der Waals surface area contributed by atoms with Crippen molar-refractivity contribution in [2.45, 2.75) is 52.4 Å². The first-order valence-electron chi connectivity index (χ1n) is 9.47. The Kier molecular flexibility index (Phi) is 4.31. The SMILES string of the molecule is CCOC(=O)c1sc(NC(=O)C23CC4CC(CC(C4)C2)C3)c(C#N)c1C. The third-order valence-corrected chi connectivity index (χ3v) is 7.65. The van der Waals surface area contributed by atoms with E-state index < -0.39 is 5.97 Å². The van der Waals surface area contributed by atoms with Crippen molar-refractivity contribution in [3.05, 3.63) is 16.0 Å². The maximum atomic E-state index is 13.2. The summed E-state index contributed by atoms with van der Waals surface area (Å²) in [4.78, 5) is 25.7. The highest BCUT2D eigenvalue weighted by molar-refractivity contribution is 7.18. The monoisotopic (exact) mass is 372 g/mol. The zero-order valence-electron chi connectivity index (χ0n) is 15.3. The number of anilines is 1. The fraction of sp³-hybridized carbons (Fsp3) is 0.650. The van der Waals surface area contributed by atoms with E-state index in [0.717, 1.165) is 30.6 Å². The molecule has 4 aliphatic rings. The maximum Gasteiger partial charge on any atom is 0.348 e. The van der Waals surface area contributed by atoms with Crippen LogP contribution in [0, 0.1) is 41.4 Å². The van der Waals surface area contributed by atoms with E-state index in [1.165, 1.54) is 19.3 Å². The van der Waals surface area contributed by atoms with Gasteiger partial charge in [-0.3, -0.25) is 4.79 Å². The minimum absolute atomic E-state index is 0.0461. The Morgan fingerprint density at radius 1 is 1.23 bits per heavy atom. The molecule has 5 nitrogen and oxygen atoms in total. The first-order chi connectivity index (χ1) is 12.5. The van der Waals surface area contributed by atoms with Gasteiger partial charge in [0.2, 0.25) is 5.91 Å². The Morgan fingerprint density at radius 3 is 2.31 bits per heavy atom. The van der Waals surface area contributed by atoms with E-state index >= 15 is 0 Å². The molecule has 0 radical (unpaired) electrons.